The molecule has 0 rings (SSSR count). The second-order valence-corrected chi connectivity index (χ2v) is 20.3. The second-order valence-electron chi connectivity index (χ2n) is 18.9. The number of carbonyl (C=O) groups excluding carboxylic acids is 1. The van der Waals surface area contributed by atoms with Crippen molar-refractivity contribution in [3.8, 4) is 0 Å². The lowest BCUT2D eigenvalue weighted by molar-refractivity contribution is -0.870. The highest BCUT2D eigenvalue weighted by Crippen LogP contribution is 2.43. The molecule has 0 aromatic carbocycles. The van der Waals surface area contributed by atoms with Gasteiger partial charge in [0, 0.05) is 6.42 Å². The molecule has 0 fully saturated rings. The highest BCUT2D eigenvalue weighted by molar-refractivity contribution is 7.47. The number of nitrogens with one attached hydrogen (secondary N) is 1. The molecule has 3 atom stereocenters. The van der Waals surface area contributed by atoms with Gasteiger partial charge in [-0.1, -0.05) is 220 Å². The van der Waals surface area contributed by atoms with E-state index in [1.54, 1.807) is 6.08 Å². The van der Waals surface area contributed by atoms with E-state index in [2.05, 4.69) is 116 Å². The minimum Gasteiger partial charge on any atom is -0.387 e. The van der Waals surface area contributed by atoms with E-state index in [9.17, 15) is 19.4 Å². The standard InChI is InChI=1S/C58H101N2O6P/c1-6-8-10-12-14-16-18-20-21-22-23-24-25-26-27-28-29-30-31-32-33-34-35-36-37-38-39-40-42-44-46-48-50-52-58(62)59-56(55-66-67(63,64)65-54-53-60(3,4)5)57(61)51-49-47-45-43-41-19-17-15-13-11-9-7-2/h8,10,14,16,20-21,23-24,26-27,29-30,32-33,35-36,49,51,56-57,61H,6-7,9,11-13,15,17-19,22,25,28,31,34,37-48,50,52-55H2,1-5H3,(H-,59,62,63,64)/p+1/b10-8-,16-14-,21-20-,24-23-,27-26-,30-29-,33-32-,36-35-,51-49+. The second kappa shape index (κ2) is 48.2. The van der Waals surface area contributed by atoms with E-state index in [4.69, 9.17) is 9.05 Å². The average Bonchev–Trinajstić information content (AvgIpc) is 3.29. The van der Waals surface area contributed by atoms with Crippen molar-refractivity contribution in [2.75, 3.05) is 40.9 Å². The van der Waals surface area contributed by atoms with Gasteiger partial charge in [0.15, 0.2) is 0 Å². The quantitative estimate of drug-likeness (QED) is 0.0243. The Balaban J connectivity index is 4.19. The zero-order chi connectivity index (χ0) is 49.2. The number of hydrogen-bond acceptors (Lipinski definition) is 5. The van der Waals surface area contributed by atoms with E-state index in [-0.39, 0.29) is 19.1 Å². The number of allylic oxidation sites excluding steroid dienone is 17. The zero-order valence-corrected chi connectivity index (χ0v) is 44.5. The van der Waals surface area contributed by atoms with Crippen molar-refractivity contribution in [3.63, 3.8) is 0 Å². The Kier molecular flexibility index (Phi) is 46.2. The molecule has 0 aromatic rings. The molecule has 0 radical (unpaired) electrons. The van der Waals surface area contributed by atoms with Gasteiger partial charge in [0.2, 0.25) is 5.91 Å². The molecule has 8 nitrogen and oxygen atoms in total. The van der Waals surface area contributed by atoms with Crippen molar-refractivity contribution in [1.29, 1.82) is 0 Å². The van der Waals surface area contributed by atoms with Crippen LogP contribution in [0.15, 0.2) is 109 Å². The predicted octanol–water partition coefficient (Wildman–Crippen LogP) is 16.0. The van der Waals surface area contributed by atoms with Gasteiger partial charge in [-0.25, -0.2) is 4.57 Å². The van der Waals surface area contributed by atoms with Crippen LogP contribution in [0, 0.1) is 0 Å². The molecule has 0 aliphatic carbocycles. The van der Waals surface area contributed by atoms with Crippen LogP contribution < -0.4 is 5.32 Å². The topological polar surface area (TPSA) is 105 Å². The predicted molar refractivity (Wildman–Crippen MR) is 290 cm³/mol. The van der Waals surface area contributed by atoms with Crippen LogP contribution in [-0.2, 0) is 18.4 Å². The van der Waals surface area contributed by atoms with E-state index in [0.29, 0.717) is 17.4 Å². The third-order valence-electron chi connectivity index (χ3n) is 11.2. The number of amides is 1. The Hall–Kier alpha value is -2.84. The molecular formula is C58H102N2O6P+. The molecule has 0 saturated heterocycles. The SMILES string of the molecule is CC/C=C\C/C=C\C/C=C\C/C=C\C/C=C\C/C=C\C/C=C\C/C=C\CCCCCCCCCCC(=O)NC(COP(=O)(O)OCC[N+](C)(C)C)C(O)/C=C/CCCCCCCCCCCC. The van der Waals surface area contributed by atoms with Crippen LogP contribution in [-0.4, -0.2) is 73.4 Å². The molecule has 0 bridgehead atoms. The van der Waals surface area contributed by atoms with Crippen molar-refractivity contribution < 1.29 is 32.9 Å². The van der Waals surface area contributed by atoms with Crippen LogP contribution in [0.4, 0.5) is 0 Å². The number of likely N-dealkylation sites (N-methyl/N-ethyl adjacent to an activating group) is 1. The number of rotatable bonds is 47. The Morgan fingerprint density at radius 3 is 1.31 bits per heavy atom. The van der Waals surface area contributed by atoms with E-state index in [1.807, 2.05) is 27.2 Å². The number of quaternary nitrogens is 1. The summed E-state index contributed by atoms with van der Waals surface area (Å²) in [6, 6.07) is -0.857. The van der Waals surface area contributed by atoms with Crippen LogP contribution in [0.3, 0.4) is 0 Å². The van der Waals surface area contributed by atoms with E-state index >= 15 is 0 Å². The number of aliphatic hydroxyl groups excluding tert-OH is 1. The van der Waals surface area contributed by atoms with Crippen LogP contribution >= 0.6 is 7.82 Å². The number of nitrogens with zero attached hydrogens (tertiary/aromatic N) is 1. The van der Waals surface area contributed by atoms with Gasteiger partial charge in [-0.3, -0.25) is 13.8 Å². The molecule has 0 saturated carbocycles. The highest BCUT2D eigenvalue weighted by atomic mass is 31.2. The van der Waals surface area contributed by atoms with Gasteiger partial charge in [0.05, 0.1) is 39.9 Å². The van der Waals surface area contributed by atoms with Crippen LogP contribution in [0.25, 0.3) is 0 Å². The minimum atomic E-state index is -4.35. The fraction of sp³-hybridized carbons (Fsp3) is 0.672. The summed E-state index contributed by atoms with van der Waals surface area (Å²) < 4.78 is 23.6. The summed E-state index contributed by atoms with van der Waals surface area (Å²) >= 11 is 0. The summed E-state index contributed by atoms with van der Waals surface area (Å²) in [5.41, 5.74) is 0. The lowest BCUT2D eigenvalue weighted by Gasteiger charge is -2.25. The van der Waals surface area contributed by atoms with Gasteiger partial charge in [0.25, 0.3) is 0 Å². The lowest BCUT2D eigenvalue weighted by Crippen LogP contribution is -2.45. The monoisotopic (exact) mass is 954 g/mol. The van der Waals surface area contributed by atoms with Crippen LogP contribution in [0.2, 0.25) is 0 Å². The molecule has 1 amide bonds. The number of phosphoric acid groups is 1. The van der Waals surface area contributed by atoms with E-state index in [0.717, 1.165) is 103 Å². The normalized spacial score (nSPS) is 14.9. The number of carbonyl (C=O) groups is 1. The van der Waals surface area contributed by atoms with E-state index < -0.39 is 20.0 Å². The summed E-state index contributed by atoms with van der Waals surface area (Å²) in [7, 11) is 1.55. The molecule has 0 heterocycles. The Morgan fingerprint density at radius 2 is 0.896 bits per heavy atom. The molecule has 0 spiro atoms. The number of hydrogen-bond donors (Lipinski definition) is 3. The fourth-order valence-corrected chi connectivity index (χ4v) is 7.79. The molecular weight excluding hydrogens is 852 g/mol. The number of unbranched alkanes of at least 4 members (excludes halogenated alkanes) is 18. The molecule has 0 aliphatic heterocycles. The van der Waals surface area contributed by atoms with Gasteiger partial charge in [0.1, 0.15) is 13.2 Å². The number of aliphatic hydroxyl groups is 1. The Labute approximate surface area is 412 Å². The van der Waals surface area contributed by atoms with Gasteiger partial charge in [-0.05, 0) is 83.5 Å². The van der Waals surface area contributed by atoms with Crippen molar-refractivity contribution in [2.45, 2.75) is 212 Å². The molecule has 3 N–H and O–H groups in total. The maximum Gasteiger partial charge on any atom is 0.472 e. The van der Waals surface area contributed by atoms with Gasteiger partial charge < -0.3 is 19.8 Å². The summed E-state index contributed by atoms with van der Waals surface area (Å²) in [6.45, 7) is 4.67. The molecule has 3 unspecified atom stereocenters. The summed E-state index contributed by atoms with van der Waals surface area (Å²) in [5, 5.41) is 13.8. The van der Waals surface area contributed by atoms with Crippen LogP contribution in [0.5, 0.6) is 0 Å². The molecule has 384 valence electrons. The van der Waals surface area contributed by atoms with Crippen molar-refractivity contribution in [3.05, 3.63) is 109 Å². The Morgan fingerprint density at radius 1 is 0.522 bits per heavy atom. The minimum absolute atomic E-state index is 0.0543. The summed E-state index contributed by atoms with van der Waals surface area (Å²) in [6.07, 6.45) is 70.3. The first-order valence-electron chi connectivity index (χ1n) is 26.8. The first-order valence-corrected chi connectivity index (χ1v) is 28.3. The van der Waals surface area contributed by atoms with Gasteiger partial charge in [-0.2, -0.15) is 0 Å². The maximum atomic E-state index is 12.9. The largest absolute Gasteiger partial charge is 0.472 e. The molecule has 0 aliphatic rings. The summed E-state index contributed by atoms with van der Waals surface area (Å²) in [4.78, 5) is 23.2. The van der Waals surface area contributed by atoms with Crippen molar-refractivity contribution in [1.82, 2.24) is 5.32 Å². The van der Waals surface area contributed by atoms with Gasteiger partial charge in [-0.15, -0.1) is 0 Å². The first kappa shape index (κ1) is 64.2. The zero-order valence-electron chi connectivity index (χ0n) is 43.6. The molecule has 67 heavy (non-hydrogen) atoms. The molecule has 9 heteroatoms. The van der Waals surface area contributed by atoms with Crippen molar-refractivity contribution >= 4 is 13.7 Å². The Bertz CT molecular complexity index is 1450. The fourth-order valence-electron chi connectivity index (χ4n) is 7.06. The molecule has 0 aromatic heterocycles. The van der Waals surface area contributed by atoms with Crippen molar-refractivity contribution in [2.24, 2.45) is 0 Å². The van der Waals surface area contributed by atoms with Crippen LogP contribution in [0.1, 0.15) is 200 Å². The average molecular weight is 954 g/mol. The highest BCUT2D eigenvalue weighted by Gasteiger charge is 2.27. The summed E-state index contributed by atoms with van der Waals surface area (Å²) in [5.74, 6) is -0.192. The third-order valence-corrected chi connectivity index (χ3v) is 12.2. The maximum absolute atomic E-state index is 12.9. The third kappa shape index (κ3) is 50.9. The lowest BCUT2D eigenvalue weighted by atomic mass is 10.0. The smallest absolute Gasteiger partial charge is 0.387 e. The number of phosphoric ester groups is 1. The van der Waals surface area contributed by atoms with Gasteiger partial charge >= 0.3 is 7.82 Å². The van der Waals surface area contributed by atoms with E-state index in [1.165, 1.54) is 77.0 Å². The first-order chi connectivity index (χ1) is 32.5.